The average molecular weight is 276 g/mol. The van der Waals surface area contributed by atoms with Crippen LogP contribution in [0, 0.1) is 0 Å². The molecule has 0 radical (unpaired) electrons. The summed E-state index contributed by atoms with van der Waals surface area (Å²) in [5.41, 5.74) is 1.95. The smallest absolute Gasteiger partial charge is 0.306 e. The van der Waals surface area contributed by atoms with E-state index in [9.17, 15) is 9.90 Å². The number of hydrogen-bond acceptors (Lipinski definition) is 3. The highest BCUT2D eigenvalue weighted by Gasteiger charge is 2.24. The van der Waals surface area contributed by atoms with Crippen molar-refractivity contribution in [2.75, 3.05) is 0 Å². The van der Waals surface area contributed by atoms with E-state index in [0.717, 1.165) is 25.7 Å². The molecule has 3 nitrogen and oxygen atoms in total. The second kappa shape index (κ2) is 5.86. The van der Waals surface area contributed by atoms with Crippen LogP contribution in [-0.2, 0) is 16.0 Å². The van der Waals surface area contributed by atoms with Gasteiger partial charge < -0.3 is 9.84 Å². The lowest BCUT2D eigenvalue weighted by molar-refractivity contribution is -0.155. The van der Waals surface area contributed by atoms with Crippen molar-refractivity contribution in [1.82, 2.24) is 0 Å². The maximum atomic E-state index is 12.0. The van der Waals surface area contributed by atoms with Crippen LogP contribution >= 0.6 is 0 Å². The van der Waals surface area contributed by atoms with Crippen molar-refractivity contribution < 1.29 is 14.6 Å². The molecule has 1 N–H and O–H groups in total. The third kappa shape index (κ3) is 3.99. The highest BCUT2D eigenvalue weighted by atomic mass is 16.6. The standard InChI is InChI=1S/C17H24O3/c1-17(2,3)20-16(19)11-13-7-5-4-6-12-10-14(18)8-9-15(12)13/h8-10,13,18H,4-7,11H2,1-3H3/t13-/m0/s1. The Kier molecular flexibility index (Phi) is 4.36. The number of carbonyl (C=O) groups excluding carboxylic acids is 1. The Morgan fingerprint density at radius 3 is 2.80 bits per heavy atom. The van der Waals surface area contributed by atoms with Crippen molar-refractivity contribution in [3.05, 3.63) is 29.3 Å². The molecule has 3 heteroatoms. The van der Waals surface area contributed by atoms with Crippen molar-refractivity contribution in [1.29, 1.82) is 0 Å². The van der Waals surface area contributed by atoms with Gasteiger partial charge in [-0.05, 0) is 69.2 Å². The summed E-state index contributed by atoms with van der Waals surface area (Å²) >= 11 is 0. The lowest BCUT2D eigenvalue weighted by atomic mass is 9.90. The van der Waals surface area contributed by atoms with Crippen LogP contribution < -0.4 is 0 Å². The number of phenolic OH excluding ortho intramolecular Hbond substituents is 1. The van der Waals surface area contributed by atoms with Crippen LogP contribution in [-0.4, -0.2) is 16.7 Å². The number of aryl methyl sites for hydroxylation is 1. The minimum Gasteiger partial charge on any atom is -0.508 e. The van der Waals surface area contributed by atoms with Gasteiger partial charge in [0.2, 0.25) is 0 Å². The Morgan fingerprint density at radius 1 is 1.35 bits per heavy atom. The molecule has 110 valence electrons. The van der Waals surface area contributed by atoms with E-state index in [0.29, 0.717) is 12.2 Å². The fourth-order valence-electron chi connectivity index (χ4n) is 2.86. The van der Waals surface area contributed by atoms with Crippen LogP contribution in [0.4, 0.5) is 0 Å². The third-order valence-corrected chi connectivity index (χ3v) is 3.65. The van der Waals surface area contributed by atoms with E-state index >= 15 is 0 Å². The lowest BCUT2D eigenvalue weighted by Crippen LogP contribution is -2.25. The normalized spacial score (nSPS) is 19.1. The number of aromatic hydroxyl groups is 1. The van der Waals surface area contributed by atoms with Gasteiger partial charge in [-0.3, -0.25) is 4.79 Å². The van der Waals surface area contributed by atoms with Gasteiger partial charge in [0.25, 0.3) is 0 Å². The number of phenols is 1. The van der Waals surface area contributed by atoms with Crippen LogP contribution in [0.3, 0.4) is 0 Å². The maximum absolute atomic E-state index is 12.0. The highest BCUT2D eigenvalue weighted by Crippen LogP contribution is 2.35. The van der Waals surface area contributed by atoms with E-state index < -0.39 is 5.60 Å². The summed E-state index contributed by atoms with van der Waals surface area (Å²) in [4.78, 5) is 12.0. The average Bonchev–Trinajstić information content (AvgIpc) is 2.49. The first-order valence-electron chi connectivity index (χ1n) is 7.39. The number of hydrogen-bond donors (Lipinski definition) is 1. The Hall–Kier alpha value is -1.51. The molecule has 1 aliphatic rings. The minimum absolute atomic E-state index is 0.136. The summed E-state index contributed by atoms with van der Waals surface area (Å²) in [6, 6.07) is 5.51. The van der Waals surface area contributed by atoms with Gasteiger partial charge in [-0.1, -0.05) is 12.5 Å². The first kappa shape index (κ1) is 14.9. The second-order valence-electron chi connectivity index (χ2n) is 6.62. The molecule has 1 atom stereocenters. The summed E-state index contributed by atoms with van der Waals surface area (Å²) in [6.07, 6.45) is 4.64. The van der Waals surface area contributed by atoms with Gasteiger partial charge in [-0.2, -0.15) is 0 Å². The highest BCUT2D eigenvalue weighted by molar-refractivity contribution is 5.71. The van der Waals surface area contributed by atoms with Crippen LogP contribution in [0.1, 0.15) is 63.5 Å². The van der Waals surface area contributed by atoms with E-state index in [2.05, 4.69) is 0 Å². The van der Waals surface area contributed by atoms with E-state index in [-0.39, 0.29) is 11.9 Å². The molecular weight excluding hydrogens is 252 g/mol. The van der Waals surface area contributed by atoms with Gasteiger partial charge >= 0.3 is 5.97 Å². The van der Waals surface area contributed by atoms with Gasteiger partial charge in [0.1, 0.15) is 11.4 Å². The molecule has 0 saturated carbocycles. The van der Waals surface area contributed by atoms with Crippen molar-refractivity contribution in [3.63, 3.8) is 0 Å². The van der Waals surface area contributed by atoms with Gasteiger partial charge in [0.05, 0.1) is 6.42 Å². The predicted octanol–water partition coefficient (Wildman–Crippen LogP) is 3.93. The first-order chi connectivity index (χ1) is 9.35. The molecule has 2 rings (SSSR count). The Labute approximate surface area is 121 Å². The predicted molar refractivity (Wildman–Crippen MR) is 78.9 cm³/mol. The molecule has 1 aromatic rings. The number of ether oxygens (including phenoxy) is 1. The topological polar surface area (TPSA) is 46.5 Å². The fourth-order valence-corrected chi connectivity index (χ4v) is 2.86. The Balaban J connectivity index is 2.14. The molecule has 20 heavy (non-hydrogen) atoms. The molecule has 0 aliphatic heterocycles. The molecule has 0 amide bonds. The van der Waals surface area contributed by atoms with Crippen LogP contribution in [0.2, 0.25) is 0 Å². The quantitative estimate of drug-likeness (QED) is 0.657. The number of benzene rings is 1. The number of esters is 1. The van der Waals surface area contributed by atoms with Crippen molar-refractivity contribution in [2.45, 2.75) is 64.4 Å². The van der Waals surface area contributed by atoms with Gasteiger partial charge in [-0.25, -0.2) is 0 Å². The van der Waals surface area contributed by atoms with Crippen molar-refractivity contribution in [3.8, 4) is 5.75 Å². The zero-order valence-corrected chi connectivity index (χ0v) is 12.6. The zero-order chi connectivity index (χ0) is 14.8. The molecule has 1 aromatic carbocycles. The van der Waals surface area contributed by atoms with Crippen LogP contribution in [0.5, 0.6) is 5.75 Å². The molecule has 0 unspecified atom stereocenters. The summed E-state index contributed by atoms with van der Waals surface area (Å²) in [5, 5.41) is 9.61. The molecule has 1 aliphatic carbocycles. The molecular formula is C17H24O3. The largest absolute Gasteiger partial charge is 0.508 e. The van der Waals surface area contributed by atoms with Gasteiger partial charge in [-0.15, -0.1) is 0 Å². The monoisotopic (exact) mass is 276 g/mol. The zero-order valence-electron chi connectivity index (χ0n) is 12.6. The Bertz CT molecular complexity index is 485. The van der Waals surface area contributed by atoms with E-state index in [4.69, 9.17) is 4.74 Å². The van der Waals surface area contributed by atoms with Crippen LogP contribution in [0.25, 0.3) is 0 Å². The Morgan fingerprint density at radius 2 is 2.10 bits per heavy atom. The van der Waals surface area contributed by atoms with Gasteiger partial charge in [0, 0.05) is 0 Å². The SMILES string of the molecule is CC(C)(C)OC(=O)C[C@@H]1CCCCc2cc(O)ccc21. The second-order valence-corrected chi connectivity index (χ2v) is 6.62. The fraction of sp³-hybridized carbons (Fsp3) is 0.588. The summed E-state index contributed by atoms with van der Waals surface area (Å²) < 4.78 is 5.43. The number of fused-ring (bicyclic) bond motifs is 1. The third-order valence-electron chi connectivity index (χ3n) is 3.65. The number of carbonyl (C=O) groups is 1. The molecule has 0 spiro atoms. The first-order valence-corrected chi connectivity index (χ1v) is 7.39. The van der Waals surface area contributed by atoms with Crippen molar-refractivity contribution >= 4 is 5.97 Å². The summed E-state index contributed by atoms with van der Waals surface area (Å²) in [6.45, 7) is 5.68. The minimum atomic E-state index is -0.431. The van der Waals surface area contributed by atoms with E-state index in [1.165, 1.54) is 11.1 Å². The summed E-state index contributed by atoms with van der Waals surface area (Å²) in [7, 11) is 0. The molecule has 0 heterocycles. The number of rotatable bonds is 2. The molecule has 0 saturated heterocycles. The lowest BCUT2D eigenvalue weighted by Gasteiger charge is -2.22. The van der Waals surface area contributed by atoms with E-state index in [1.807, 2.05) is 32.9 Å². The molecule has 0 bridgehead atoms. The molecule has 0 fully saturated rings. The molecule has 0 aromatic heterocycles. The van der Waals surface area contributed by atoms with E-state index in [1.54, 1.807) is 6.07 Å². The van der Waals surface area contributed by atoms with Gasteiger partial charge in [0.15, 0.2) is 0 Å². The summed E-state index contributed by atoms with van der Waals surface area (Å²) in [5.74, 6) is 0.382. The maximum Gasteiger partial charge on any atom is 0.306 e. The van der Waals surface area contributed by atoms with Crippen molar-refractivity contribution in [2.24, 2.45) is 0 Å². The van der Waals surface area contributed by atoms with Crippen LogP contribution in [0.15, 0.2) is 18.2 Å².